The fourth-order valence-corrected chi connectivity index (χ4v) is 3.76. The average molecular weight is 375 g/mol. The van der Waals surface area contributed by atoms with E-state index in [1.54, 1.807) is 48.5 Å². The Labute approximate surface area is 149 Å². The standard InChI is InChI=1S/C16H13N3O4S2/c20-14-11-15(21)19(16(24)18(14)12-7-3-1-4-8-12)17-25(22,23)13-9-5-2-6-10-13/h1-10,17H,11H2. The molecule has 1 N–H and O–H groups in total. The number of para-hydroxylation sites is 1. The van der Waals surface area contributed by atoms with E-state index in [4.69, 9.17) is 12.2 Å². The Balaban J connectivity index is 1.92. The number of nitrogens with zero attached hydrogens (tertiary/aromatic N) is 2. The van der Waals surface area contributed by atoms with Crippen molar-refractivity contribution >= 4 is 44.9 Å². The van der Waals surface area contributed by atoms with E-state index in [1.807, 2.05) is 0 Å². The minimum atomic E-state index is -4.02. The molecule has 7 nitrogen and oxygen atoms in total. The summed E-state index contributed by atoms with van der Waals surface area (Å²) in [7, 11) is -4.02. The Hall–Kier alpha value is -2.62. The maximum Gasteiger partial charge on any atom is 0.257 e. The third kappa shape index (κ3) is 3.43. The molecule has 0 bridgehead atoms. The number of hydrazine groups is 1. The van der Waals surface area contributed by atoms with Gasteiger partial charge in [0.15, 0.2) is 0 Å². The Kier molecular flexibility index (Phi) is 4.62. The Morgan fingerprint density at radius 3 is 2.04 bits per heavy atom. The second-order valence-electron chi connectivity index (χ2n) is 5.16. The smallest absolute Gasteiger partial charge is 0.257 e. The third-order valence-electron chi connectivity index (χ3n) is 3.46. The maximum atomic E-state index is 12.4. The molecule has 0 aromatic heterocycles. The van der Waals surface area contributed by atoms with Crippen molar-refractivity contribution in [1.29, 1.82) is 0 Å². The monoisotopic (exact) mass is 375 g/mol. The molecular formula is C16H13N3O4S2. The highest BCUT2D eigenvalue weighted by atomic mass is 32.2. The van der Waals surface area contributed by atoms with Crippen LogP contribution in [-0.4, -0.2) is 30.4 Å². The molecule has 0 aliphatic carbocycles. The van der Waals surface area contributed by atoms with Gasteiger partial charge < -0.3 is 0 Å². The summed E-state index contributed by atoms with van der Waals surface area (Å²) >= 11 is 5.19. The topological polar surface area (TPSA) is 86.8 Å². The molecule has 0 unspecified atom stereocenters. The number of hydrogen-bond acceptors (Lipinski definition) is 5. The van der Waals surface area contributed by atoms with Gasteiger partial charge in [-0.25, -0.2) is 13.4 Å². The molecule has 3 rings (SSSR count). The lowest BCUT2D eigenvalue weighted by Crippen LogP contribution is -2.61. The molecule has 25 heavy (non-hydrogen) atoms. The van der Waals surface area contributed by atoms with Crippen LogP contribution in [0.1, 0.15) is 6.42 Å². The van der Waals surface area contributed by atoms with Gasteiger partial charge in [0.2, 0.25) is 11.0 Å². The number of sulfonamides is 1. The minimum Gasteiger partial charge on any atom is -0.273 e. The molecule has 0 spiro atoms. The van der Waals surface area contributed by atoms with Crippen molar-refractivity contribution < 1.29 is 18.0 Å². The zero-order valence-corrected chi connectivity index (χ0v) is 14.5. The van der Waals surface area contributed by atoms with Gasteiger partial charge in [0.25, 0.3) is 15.9 Å². The molecule has 1 aliphatic heterocycles. The van der Waals surface area contributed by atoms with Gasteiger partial charge >= 0.3 is 0 Å². The largest absolute Gasteiger partial charge is 0.273 e. The van der Waals surface area contributed by atoms with Crippen LogP contribution in [0, 0.1) is 0 Å². The van der Waals surface area contributed by atoms with Crippen LogP contribution in [0.2, 0.25) is 0 Å². The van der Waals surface area contributed by atoms with Crippen molar-refractivity contribution in [3.8, 4) is 0 Å². The molecule has 128 valence electrons. The molecule has 2 aromatic rings. The van der Waals surface area contributed by atoms with Crippen LogP contribution in [0.25, 0.3) is 0 Å². The fourth-order valence-electron chi connectivity index (χ4n) is 2.29. The highest BCUT2D eigenvalue weighted by molar-refractivity contribution is 7.89. The van der Waals surface area contributed by atoms with Gasteiger partial charge in [0, 0.05) is 0 Å². The third-order valence-corrected chi connectivity index (χ3v) is 5.14. The van der Waals surface area contributed by atoms with Gasteiger partial charge in [-0.15, -0.1) is 4.83 Å². The first-order chi connectivity index (χ1) is 11.9. The summed E-state index contributed by atoms with van der Waals surface area (Å²) in [4.78, 5) is 27.6. The van der Waals surface area contributed by atoms with Crippen LogP contribution in [0.3, 0.4) is 0 Å². The van der Waals surface area contributed by atoms with Gasteiger partial charge in [-0.2, -0.15) is 0 Å². The van der Waals surface area contributed by atoms with E-state index in [9.17, 15) is 18.0 Å². The van der Waals surface area contributed by atoms with Crippen molar-refractivity contribution in [1.82, 2.24) is 9.84 Å². The van der Waals surface area contributed by atoms with Crippen LogP contribution in [0.15, 0.2) is 65.6 Å². The summed E-state index contributed by atoms with van der Waals surface area (Å²) in [5.41, 5.74) is 0.453. The number of benzene rings is 2. The predicted octanol–water partition coefficient (Wildman–Crippen LogP) is 1.43. The minimum absolute atomic E-state index is 0.0197. The molecule has 9 heteroatoms. The van der Waals surface area contributed by atoms with Crippen LogP contribution in [0.4, 0.5) is 5.69 Å². The first kappa shape index (κ1) is 17.2. The number of thiocarbonyl (C=S) groups is 1. The lowest BCUT2D eigenvalue weighted by molar-refractivity contribution is -0.134. The van der Waals surface area contributed by atoms with Crippen molar-refractivity contribution in [2.45, 2.75) is 11.3 Å². The van der Waals surface area contributed by atoms with Gasteiger partial charge in [0.05, 0.1) is 10.6 Å². The molecule has 1 heterocycles. The number of carbonyl (C=O) groups excluding carboxylic acids is 2. The number of rotatable bonds is 4. The lowest BCUT2D eigenvalue weighted by atomic mass is 10.2. The Morgan fingerprint density at radius 1 is 0.880 bits per heavy atom. The fraction of sp³-hybridized carbons (Fsp3) is 0.0625. The summed E-state index contributed by atoms with van der Waals surface area (Å²) in [5.74, 6) is -1.25. The molecule has 0 radical (unpaired) electrons. The van der Waals surface area contributed by atoms with Crippen LogP contribution < -0.4 is 9.73 Å². The summed E-state index contributed by atoms with van der Waals surface area (Å²) < 4.78 is 24.9. The zero-order chi connectivity index (χ0) is 18.0. The van der Waals surface area contributed by atoms with E-state index < -0.39 is 28.3 Å². The predicted molar refractivity (Wildman–Crippen MR) is 94.8 cm³/mol. The van der Waals surface area contributed by atoms with Gasteiger partial charge in [0.1, 0.15) is 6.42 Å². The van der Waals surface area contributed by atoms with E-state index in [0.717, 1.165) is 4.90 Å². The number of carbonyl (C=O) groups is 2. The van der Waals surface area contributed by atoms with Crippen LogP contribution in [0.5, 0.6) is 0 Å². The maximum absolute atomic E-state index is 12.4. The lowest BCUT2D eigenvalue weighted by Gasteiger charge is -2.34. The highest BCUT2D eigenvalue weighted by Gasteiger charge is 2.38. The van der Waals surface area contributed by atoms with E-state index in [0.29, 0.717) is 10.7 Å². The zero-order valence-electron chi connectivity index (χ0n) is 12.8. The first-order valence-corrected chi connectivity index (χ1v) is 9.12. The summed E-state index contributed by atoms with van der Waals surface area (Å²) in [6, 6.07) is 16.0. The number of amides is 2. The summed E-state index contributed by atoms with van der Waals surface area (Å²) in [5, 5.41) is 0.471. The van der Waals surface area contributed by atoms with E-state index in [2.05, 4.69) is 4.83 Å². The Morgan fingerprint density at radius 2 is 1.44 bits per heavy atom. The van der Waals surface area contributed by atoms with Crippen molar-refractivity contribution in [2.24, 2.45) is 0 Å². The summed E-state index contributed by atoms with van der Waals surface area (Å²) in [6.45, 7) is 0. The molecule has 0 atom stereocenters. The van der Waals surface area contributed by atoms with Crippen LogP contribution in [-0.2, 0) is 19.6 Å². The molecule has 1 fully saturated rings. The first-order valence-electron chi connectivity index (χ1n) is 7.22. The number of nitrogens with one attached hydrogen (secondary N) is 1. The second-order valence-corrected chi connectivity index (χ2v) is 7.19. The van der Waals surface area contributed by atoms with E-state index >= 15 is 0 Å². The molecule has 2 amide bonds. The number of hydrogen-bond donors (Lipinski definition) is 1. The van der Waals surface area contributed by atoms with Gasteiger partial charge in [-0.1, -0.05) is 36.4 Å². The van der Waals surface area contributed by atoms with Gasteiger partial charge in [-0.3, -0.25) is 14.5 Å². The SMILES string of the molecule is O=C1CC(=O)N(c2ccccc2)C(=S)N1NS(=O)(=O)c1ccccc1. The highest BCUT2D eigenvalue weighted by Crippen LogP contribution is 2.21. The molecule has 1 aliphatic rings. The van der Waals surface area contributed by atoms with Gasteiger partial charge in [-0.05, 0) is 36.5 Å². The Bertz CT molecular complexity index is 930. The molecule has 2 aromatic carbocycles. The number of anilines is 1. The van der Waals surface area contributed by atoms with E-state index in [1.165, 1.54) is 12.1 Å². The van der Waals surface area contributed by atoms with Crippen molar-refractivity contribution in [3.63, 3.8) is 0 Å². The quantitative estimate of drug-likeness (QED) is 0.645. The molecular weight excluding hydrogens is 362 g/mol. The van der Waals surface area contributed by atoms with Crippen molar-refractivity contribution in [3.05, 3.63) is 60.7 Å². The van der Waals surface area contributed by atoms with Crippen molar-refractivity contribution in [2.75, 3.05) is 4.90 Å². The summed E-state index contributed by atoms with van der Waals surface area (Å²) in [6.07, 6.45) is -0.494. The average Bonchev–Trinajstić information content (AvgIpc) is 2.60. The van der Waals surface area contributed by atoms with Crippen LogP contribution >= 0.6 is 12.2 Å². The van der Waals surface area contributed by atoms with E-state index in [-0.39, 0.29) is 10.0 Å². The normalized spacial score (nSPS) is 15.6. The second kappa shape index (κ2) is 6.71. The molecule has 1 saturated heterocycles. The molecule has 0 saturated carbocycles.